The lowest BCUT2D eigenvalue weighted by molar-refractivity contribution is -0.144. The van der Waals surface area contributed by atoms with Crippen LogP contribution in [-0.2, 0) is 43.8 Å². The Hall–Kier alpha value is -7.45. The van der Waals surface area contributed by atoms with Gasteiger partial charge in [-0.05, 0) is 159 Å². The number of aryl methyl sites for hydroxylation is 1. The molecular formula is C81H105ClF3N11O11S4. The summed E-state index contributed by atoms with van der Waals surface area (Å²) in [5, 5.41) is 23.5. The first-order chi connectivity index (χ1) is 52.7. The first kappa shape index (κ1) is 86.0. The molecule has 111 heavy (non-hydrogen) atoms. The van der Waals surface area contributed by atoms with E-state index in [-0.39, 0.29) is 54.1 Å². The molecule has 22 nitrogen and oxygen atoms in total. The zero-order valence-corrected chi connectivity index (χ0v) is 68.3. The van der Waals surface area contributed by atoms with E-state index in [1.54, 1.807) is 23.5 Å². The fraction of sp³-hybridized carbons (Fsp3) is 0.506. The highest BCUT2D eigenvalue weighted by atomic mass is 35.5. The predicted octanol–water partition coefficient (Wildman–Crippen LogP) is 12.0. The summed E-state index contributed by atoms with van der Waals surface area (Å²) < 4.78 is 105. The molecule has 3 saturated heterocycles. The summed E-state index contributed by atoms with van der Waals surface area (Å²) in [5.41, 5.74) is 2.25. The van der Waals surface area contributed by atoms with Crippen LogP contribution in [-0.4, -0.2) is 210 Å². The Bertz CT molecular complexity index is 4430. The maximum Gasteiger partial charge on any atom is 0.501 e. The second-order valence-corrected chi connectivity index (χ2v) is 37.0. The number of halogens is 4. The van der Waals surface area contributed by atoms with Crippen LogP contribution >= 0.6 is 34.7 Å². The van der Waals surface area contributed by atoms with E-state index in [9.17, 15) is 59.1 Å². The molecule has 6 N–H and O–H groups in total. The van der Waals surface area contributed by atoms with Gasteiger partial charge in [-0.3, -0.25) is 33.8 Å². The van der Waals surface area contributed by atoms with Gasteiger partial charge in [-0.25, -0.2) is 26.5 Å². The largest absolute Gasteiger partial charge is 0.501 e. The number of likely N-dealkylation sites (N-methyl/N-ethyl adjacent to an activating group) is 1. The third-order valence-corrected chi connectivity index (χ3v) is 26.4. The highest BCUT2D eigenvalue weighted by molar-refractivity contribution is 7.99. The number of alkyl halides is 3. The van der Waals surface area contributed by atoms with Gasteiger partial charge in [0.25, 0.3) is 25.8 Å². The van der Waals surface area contributed by atoms with Crippen LogP contribution in [0.4, 0.5) is 24.5 Å². The maximum atomic E-state index is 14.4. The van der Waals surface area contributed by atoms with E-state index in [1.807, 2.05) is 112 Å². The van der Waals surface area contributed by atoms with Crippen molar-refractivity contribution in [3.05, 3.63) is 160 Å². The molecule has 1 unspecified atom stereocenters. The highest BCUT2D eigenvalue weighted by Gasteiger charge is 2.49. The Balaban J connectivity index is 0.656. The predicted molar refractivity (Wildman–Crippen MR) is 431 cm³/mol. The molecule has 602 valence electrons. The standard InChI is InChI=1S/C81H105ClF3N11O11S4/c1-55(57-19-21-59(22-20-57)74-56(2)87-54-109-74)88-77(101)70-47-65(97)51-96(70)78(102)75(79(3,4)5)90-73(99)18-14-9-8-13-17-72(98)86-36-38-92(7)53-80(6)35-33-68(58-23-27-62(82)28-24-58)61(49-80)50-94-39-41-95(42-40-94)64-29-25-60(26-30-64)76(100)91-111(105,106)67-31-32-69(71(48-67)110(103,104)81(83,84)85)89-63(34-37-93-43-45-107-46-44-93)52-108-66-15-11-10-12-16-66/h10-12,15-16,19-32,48,54-55,63,65,70,75,89,97H,8-9,13-14,17-18,33-47,49-53H2,1-7H3,(H,86,98)(H,88,101)(H,90,99)(H,91,100)/t55-,63+,65+,70-,75+,80?/m0/s1. The topological polar surface area (TPSA) is 272 Å². The molecule has 0 saturated carbocycles. The number of amides is 5. The Kier molecular flexibility index (Phi) is 29.9. The highest BCUT2D eigenvalue weighted by Crippen LogP contribution is 2.44. The van der Waals surface area contributed by atoms with E-state index in [4.69, 9.17) is 16.3 Å². The van der Waals surface area contributed by atoms with Gasteiger partial charge in [0.15, 0.2) is 0 Å². The molecule has 6 aromatic rings. The number of hydrogen-bond acceptors (Lipinski definition) is 19. The van der Waals surface area contributed by atoms with E-state index >= 15 is 0 Å². The van der Waals surface area contributed by atoms with Gasteiger partial charge in [-0.2, -0.15) is 13.2 Å². The number of nitrogens with zero attached hydrogens (tertiary/aromatic N) is 6. The molecule has 5 aromatic carbocycles. The molecule has 4 heterocycles. The van der Waals surface area contributed by atoms with Crippen molar-refractivity contribution in [2.24, 2.45) is 10.8 Å². The van der Waals surface area contributed by atoms with E-state index in [2.05, 4.69) is 72.0 Å². The number of likely N-dealkylation sites (tertiary alicyclic amines) is 1. The van der Waals surface area contributed by atoms with Crippen LogP contribution in [0.1, 0.15) is 138 Å². The Morgan fingerprint density at radius 1 is 0.820 bits per heavy atom. The van der Waals surface area contributed by atoms with Crippen molar-refractivity contribution < 1.29 is 63.8 Å². The first-order valence-corrected chi connectivity index (χ1v) is 43.3. The van der Waals surface area contributed by atoms with Gasteiger partial charge in [0, 0.05) is 131 Å². The quantitative estimate of drug-likeness (QED) is 0.0162. The molecule has 30 heteroatoms. The average Bonchev–Trinajstić information content (AvgIpc) is 1.39. The summed E-state index contributed by atoms with van der Waals surface area (Å²) in [7, 11) is -8.95. The van der Waals surface area contributed by atoms with E-state index in [0.29, 0.717) is 108 Å². The number of thiazole rings is 1. The summed E-state index contributed by atoms with van der Waals surface area (Å²) in [5.74, 6) is -1.84. The van der Waals surface area contributed by atoms with Gasteiger partial charge in [-0.1, -0.05) is 112 Å². The SMILES string of the molecule is Cc1ncsc1-c1ccc([C@H](C)NC(=O)[C@@H]2C[C@@H](O)CN2C(=O)[C@@H](NC(=O)CCCCCCC(=O)NCCN(C)CC2(C)CCC(c3ccc(Cl)cc3)=C(CN3CCN(c4ccc(C(=O)NS(=O)(=O)c5ccc(N[C@H](CCN6CCOCC6)CSc6ccccc6)c(S(=O)(=O)C(F)(F)F)c5)cc4)CC3)C2)C(C)(C)C)cc1. The van der Waals surface area contributed by atoms with Crippen LogP contribution in [0.15, 0.2) is 147 Å². The van der Waals surface area contributed by atoms with Crippen molar-refractivity contribution in [3.63, 3.8) is 0 Å². The van der Waals surface area contributed by atoms with Crippen LogP contribution in [0.3, 0.4) is 0 Å². The Morgan fingerprint density at radius 2 is 1.49 bits per heavy atom. The molecule has 3 fully saturated rings. The number of carbonyl (C=O) groups excluding carboxylic acids is 5. The summed E-state index contributed by atoms with van der Waals surface area (Å²) in [6, 6.07) is 31.2. The number of allylic oxidation sites excluding steroid dienone is 1. The number of piperazine rings is 1. The number of β-amino-alcohol motifs (C(OH)–C–C–N with tert-alkyl or cyclic N) is 1. The summed E-state index contributed by atoms with van der Waals surface area (Å²) in [4.78, 5) is 82.9. The minimum Gasteiger partial charge on any atom is -0.391 e. The first-order valence-electron chi connectivity index (χ1n) is 38.1. The van der Waals surface area contributed by atoms with Crippen molar-refractivity contribution in [1.29, 1.82) is 0 Å². The van der Waals surface area contributed by atoms with Crippen molar-refractivity contribution in [3.8, 4) is 10.4 Å². The summed E-state index contributed by atoms with van der Waals surface area (Å²) in [6.07, 6.45) is 5.50. The number of aliphatic hydroxyl groups excluding tert-OH is 1. The molecule has 1 aromatic heterocycles. The number of unbranched alkanes of at least 4 members (excludes halogenated alkanes) is 3. The fourth-order valence-electron chi connectivity index (χ4n) is 14.9. The van der Waals surface area contributed by atoms with Crippen LogP contribution in [0.25, 0.3) is 16.0 Å². The molecule has 3 aliphatic heterocycles. The fourth-order valence-corrected chi connectivity index (χ4v) is 18.9. The van der Waals surface area contributed by atoms with Gasteiger partial charge >= 0.3 is 5.51 Å². The Morgan fingerprint density at radius 3 is 2.14 bits per heavy atom. The molecular weight excluding hydrogens is 1520 g/mol. The number of carbonyl (C=O) groups is 5. The molecule has 6 atom stereocenters. The number of aliphatic hydroxyl groups is 1. The smallest absolute Gasteiger partial charge is 0.391 e. The molecule has 0 bridgehead atoms. The zero-order chi connectivity index (χ0) is 79.8. The molecule has 1 aliphatic carbocycles. The molecule has 0 radical (unpaired) electrons. The number of hydrogen-bond donors (Lipinski definition) is 6. The second-order valence-electron chi connectivity index (χ2n) is 31.0. The van der Waals surface area contributed by atoms with Crippen molar-refractivity contribution in [2.45, 2.75) is 163 Å². The normalized spacial score (nSPS) is 19.2. The monoisotopic (exact) mass is 1630 g/mol. The number of sulfone groups is 1. The maximum absolute atomic E-state index is 14.4. The second kappa shape index (κ2) is 38.6. The number of sulfonamides is 1. The number of thioether (sulfide) groups is 1. The number of aromatic nitrogens is 1. The number of morpholine rings is 1. The average molecular weight is 1630 g/mol. The number of benzene rings is 5. The summed E-state index contributed by atoms with van der Waals surface area (Å²) >= 11 is 9.38. The number of nitrogens with one attached hydrogen (secondary N) is 5. The molecule has 10 rings (SSSR count). The van der Waals surface area contributed by atoms with Gasteiger partial charge in [-0.15, -0.1) is 23.1 Å². The molecule has 0 spiro atoms. The van der Waals surface area contributed by atoms with Crippen molar-refractivity contribution in [2.75, 3.05) is 115 Å². The zero-order valence-electron chi connectivity index (χ0n) is 64.3. The van der Waals surface area contributed by atoms with E-state index in [0.717, 1.165) is 102 Å². The third kappa shape index (κ3) is 23.8. The number of ether oxygens (including phenoxy) is 1. The van der Waals surface area contributed by atoms with Gasteiger partial charge in [0.05, 0.1) is 52.0 Å². The van der Waals surface area contributed by atoms with Gasteiger partial charge in [0.2, 0.25) is 23.6 Å². The lowest BCUT2D eigenvalue weighted by Crippen LogP contribution is -2.57. The van der Waals surface area contributed by atoms with Crippen molar-refractivity contribution >= 4 is 101 Å². The minimum absolute atomic E-state index is 0.0250. The molecule has 4 aliphatic rings. The van der Waals surface area contributed by atoms with Gasteiger partial charge in [0.1, 0.15) is 17.0 Å². The lowest BCUT2D eigenvalue weighted by Gasteiger charge is -2.42. The van der Waals surface area contributed by atoms with Crippen LogP contribution < -0.4 is 30.9 Å². The van der Waals surface area contributed by atoms with Crippen LogP contribution in [0, 0.1) is 17.8 Å². The molecule has 5 amide bonds. The van der Waals surface area contributed by atoms with E-state index < -0.39 is 82.3 Å². The minimum atomic E-state index is -6.11. The van der Waals surface area contributed by atoms with Crippen LogP contribution in [0.2, 0.25) is 5.02 Å². The third-order valence-electron chi connectivity index (χ3n) is 21.1. The van der Waals surface area contributed by atoms with E-state index in [1.165, 1.54) is 39.9 Å². The number of anilines is 2. The number of rotatable bonds is 34. The Labute approximate surface area is 664 Å². The van der Waals surface area contributed by atoms with Crippen molar-refractivity contribution in [1.82, 2.24) is 45.3 Å². The lowest BCUT2D eigenvalue weighted by atomic mass is 9.71. The summed E-state index contributed by atoms with van der Waals surface area (Å²) in [6.45, 7) is 20.1. The van der Waals surface area contributed by atoms with Gasteiger partial charge < -0.3 is 45.8 Å². The van der Waals surface area contributed by atoms with Crippen LogP contribution in [0.5, 0.6) is 0 Å².